The van der Waals surface area contributed by atoms with Gasteiger partial charge >= 0.3 is 0 Å². The van der Waals surface area contributed by atoms with Crippen molar-refractivity contribution in [2.45, 2.75) is 32.8 Å². The third kappa shape index (κ3) is 2.89. The highest BCUT2D eigenvalue weighted by Gasteiger charge is 2.06. The van der Waals surface area contributed by atoms with Gasteiger partial charge in [-0.25, -0.2) is 9.97 Å². The minimum atomic E-state index is 0.143. The molecule has 0 radical (unpaired) electrons. The molecule has 1 aromatic heterocycles. The summed E-state index contributed by atoms with van der Waals surface area (Å²) >= 11 is 0. The molecule has 1 aromatic rings. The molecule has 2 N–H and O–H groups in total. The van der Waals surface area contributed by atoms with E-state index in [-0.39, 0.29) is 6.10 Å². The van der Waals surface area contributed by atoms with Crippen molar-refractivity contribution < 1.29 is 4.74 Å². The first-order chi connectivity index (χ1) is 6.24. The second kappa shape index (κ2) is 4.64. The number of rotatable bonds is 4. The van der Waals surface area contributed by atoms with Crippen LogP contribution in [-0.4, -0.2) is 16.1 Å². The van der Waals surface area contributed by atoms with Gasteiger partial charge in [0, 0.05) is 12.4 Å². The average Bonchev–Trinajstić information content (AvgIpc) is 2.09. The lowest BCUT2D eigenvalue weighted by atomic mass is 10.2. The molecule has 1 rings (SSSR count). The van der Waals surface area contributed by atoms with Gasteiger partial charge in [0.15, 0.2) is 5.82 Å². The highest BCUT2D eigenvalue weighted by atomic mass is 16.5. The van der Waals surface area contributed by atoms with E-state index in [2.05, 4.69) is 16.9 Å². The fourth-order valence-corrected chi connectivity index (χ4v) is 1.08. The van der Waals surface area contributed by atoms with Crippen LogP contribution in [-0.2, 0) is 0 Å². The normalized spacial score (nSPS) is 12.5. The summed E-state index contributed by atoms with van der Waals surface area (Å²) in [6, 6.07) is 0. The molecule has 1 unspecified atom stereocenters. The van der Waals surface area contributed by atoms with E-state index in [0.717, 1.165) is 12.8 Å². The van der Waals surface area contributed by atoms with Crippen molar-refractivity contribution in [1.29, 1.82) is 0 Å². The number of hydrogen-bond donors (Lipinski definition) is 1. The first-order valence-electron chi connectivity index (χ1n) is 4.47. The van der Waals surface area contributed by atoms with E-state index in [0.29, 0.717) is 11.7 Å². The second-order valence-corrected chi connectivity index (χ2v) is 2.96. The van der Waals surface area contributed by atoms with Gasteiger partial charge in [0.1, 0.15) is 0 Å². The van der Waals surface area contributed by atoms with E-state index >= 15 is 0 Å². The van der Waals surface area contributed by atoms with Crippen molar-refractivity contribution in [2.75, 3.05) is 5.73 Å². The van der Waals surface area contributed by atoms with Crippen molar-refractivity contribution in [3.8, 4) is 5.88 Å². The average molecular weight is 181 g/mol. The summed E-state index contributed by atoms with van der Waals surface area (Å²) in [5.41, 5.74) is 5.57. The van der Waals surface area contributed by atoms with Crippen LogP contribution in [0.5, 0.6) is 5.88 Å². The molecule has 0 amide bonds. The lowest BCUT2D eigenvalue weighted by Crippen LogP contribution is -2.13. The van der Waals surface area contributed by atoms with Crippen LogP contribution >= 0.6 is 0 Å². The molecule has 0 saturated carbocycles. The Hall–Kier alpha value is -1.32. The summed E-state index contributed by atoms with van der Waals surface area (Å²) in [5.74, 6) is 0.786. The smallest absolute Gasteiger partial charge is 0.257 e. The summed E-state index contributed by atoms with van der Waals surface area (Å²) in [6.07, 6.45) is 5.35. The lowest BCUT2D eigenvalue weighted by Gasteiger charge is -2.12. The minimum absolute atomic E-state index is 0.143. The number of nitrogens with two attached hydrogens (primary N) is 1. The van der Waals surface area contributed by atoms with Crippen LogP contribution in [0.15, 0.2) is 12.4 Å². The Labute approximate surface area is 78.1 Å². The summed E-state index contributed by atoms with van der Waals surface area (Å²) in [6.45, 7) is 4.11. The van der Waals surface area contributed by atoms with Crippen LogP contribution in [0.2, 0.25) is 0 Å². The van der Waals surface area contributed by atoms with Crippen LogP contribution in [0.1, 0.15) is 26.7 Å². The van der Waals surface area contributed by atoms with Crippen LogP contribution < -0.4 is 10.5 Å². The number of hydrogen-bond acceptors (Lipinski definition) is 4. The molecule has 72 valence electrons. The van der Waals surface area contributed by atoms with Crippen LogP contribution in [0.25, 0.3) is 0 Å². The van der Waals surface area contributed by atoms with Gasteiger partial charge in [-0.15, -0.1) is 0 Å². The van der Waals surface area contributed by atoms with Crippen molar-refractivity contribution in [1.82, 2.24) is 9.97 Å². The third-order valence-corrected chi connectivity index (χ3v) is 1.70. The fourth-order valence-electron chi connectivity index (χ4n) is 1.08. The van der Waals surface area contributed by atoms with Crippen LogP contribution in [0.4, 0.5) is 5.82 Å². The highest BCUT2D eigenvalue weighted by Crippen LogP contribution is 2.15. The van der Waals surface area contributed by atoms with Gasteiger partial charge in [0.05, 0.1) is 6.10 Å². The van der Waals surface area contributed by atoms with Gasteiger partial charge in [-0.2, -0.15) is 0 Å². The third-order valence-electron chi connectivity index (χ3n) is 1.70. The van der Waals surface area contributed by atoms with Gasteiger partial charge in [-0.05, 0) is 13.3 Å². The molecule has 0 aromatic carbocycles. The zero-order valence-corrected chi connectivity index (χ0v) is 8.03. The Balaban J connectivity index is 2.58. The molecule has 0 fully saturated rings. The van der Waals surface area contributed by atoms with Gasteiger partial charge in [-0.1, -0.05) is 13.3 Å². The molecule has 0 bridgehead atoms. The maximum Gasteiger partial charge on any atom is 0.257 e. The van der Waals surface area contributed by atoms with Gasteiger partial charge in [-0.3, -0.25) is 0 Å². The van der Waals surface area contributed by atoms with Gasteiger partial charge < -0.3 is 10.5 Å². The van der Waals surface area contributed by atoms with E-state index in [1.54, 1.807) is 12.4 Å². The van der Waals surface area contributed by atoms with Gasteiger partial charge in [0.2, 0.25) is 0 Å². The monoisotopic (exact) mass is 181 g/mol. The summed E-state index contributed by atoms with van der Waals surface area (Å²) in [7, 11) is 0. The Bertz CT molecular complexity index is 265. The maximum absolute atomic E-state index is 5.57. The predicted octanol–water partition coefficient (Wildman–Crippen LogP) is 1.63. The van der Waals surface area contributed by atoms with E-state index in [4.69, 9.17) is 10.5 Å². The molecule has 13 heavy (non-hydrogen) atoms. The molecule has 1 atom stereocenters. The second-order valence-electron chi connectivity index (χ2n) is 2.96. The molecule has 4 nitrogen and oxygen atoms in total. The van der Waals surface area contributed by atoms with Crippen molar-refractivity contribution >= 4 is 5.82 Å². The number of ether oxygens (including phenoxy) is 1. The Kier molecular flexibility index (Phi) is 3.49. The maximum atomic E-state index is 5.57. The molecule has 0 aliphatic heterocycles. The summed E-state index contributed by atoms with van der Waals surface area (Å²) in [5, 5.41) is 0. The first-order valence-corrected chi connectivity index (χ1v) is 4.47. The van der Waals surface area contributed by atoms with Crippen molar-refractivity contribution in [2.24, 2.45) is 0 Å². The van der Waals surface area contributed by atoms with E-state index in [1.165, 1.54) is 0 Å². The molecule has 0 aliphatic rings. The zero-order valence-electron chi connectivity index (χ0n) is 8.03. The molecule has 0 aliphatic carbocycles. The quantitative estimate of drug-likeness (QED) is 0.766. The minimum Gasteiger partial charge on any atom is -0.472 e. The Morgan fingerprint density at radius 2 is 2.15 bits per heavy atom. The number of nitrogens with zero attached hydrogens (tertiary/aromatic N) is 2. The zero-order chi connectivity index (χ0) is 9.68. The van der Waals surface area contributed by atoms with E-state index < -0.39 is 0 Å². The van der Waals surface area contributed by atoms with Gasteiger partial charge in [0.25, 0.3) is 5.88 Å². The first kappa shape index (κ1) is 9.77. The molecule has 0 spiro atoms. The molecule has 4 heteroatoms. The predicted molar refractivity (Wildman–Crippen MR) is 51.4 cm³/mol. The van der Waals surface area contributed by atoms with Crippen LogP contribution in [0.3, 0.4) is 0 Å². The number of anilines is 1. The largest absolute Gasteiger partial charge is 0.472 e. The molecular formula is C9H15N3O. The fraction of sp³-hybridized carbons (Fsp3) is 0.556. The van der Waals surface area contributed by atoms with Crippen molar-refractivity contribution in [3.63, 3.8) is 0 Å². The molecular weight excluding hydrogens is 166 g/mol. The number of nitrogen functional groups attached to an aromatic ring is 1. The highest BCUT2D eigenvalue weighted by molar-refractivity contribution is 5.38. The number of aromatic nitrogens is 2. The Morgan fingerprint density at radius 3 is 2.77 bits per heavy atom. The van der Waals surface area contributed by atoms with E-state index in [1.807, 2.05) is 6.92 Å². The Morgan fingerprint density at radius 1 is 1.46 bits per heavy atom. The van der Waals surface area contributed by atoms with Crippen molar-refractivity contribution in [3.05, 3.63) is 12.4 Å². The molecule has 0 saturated heterocycles. The summed E-state index contributed by atoms with van der Waals surface area (Å²) < 4.78 is 5.49. The lowest BCUT2D eigenvalue weighted by molar-refractivity contribution is 0.202. The topological polar surface area (TPSA) is 61.0 Å². The molecule has 1 heterocycles. The SMILES string of the molecule is CCCC(C)Oc1nccnc1N. The van der Waals surface area contributed by atoms with Crippen LogP contribution in [0, 0.1) is 0 Å². The standard InChI is InChI=1S/C9H15N3O/c1-3-4-7(2)13-9-8(10)11-5-6-12-9/h5-7H,3-4H2,1-2H3,(H2,10,11). The summed E-state index contributed by atoms with van der Waals surface area (Å²) in [4.78, 5) is 7.87. The van der Waals surface area contributed by atoms with E-state index in [9.17, 15) is 0 Å².